The summed E-state index contributed by atoms with van der Waals surface area (Å²) < 4.78 is 1.34. The minimum absolute atomic E-state index is 0.470. The lowest BCUT2D eigenvalue weighted by Gasteiger charge is -2.37. The van der Waals surface area contributed by atoms with Crippen LogP contribution in [0.15, 0.2) is 24.8 Å². The van der Waals surface area contributed by atoms with Crippen LogP contribution in [0.2, 0.25) is 0 Å². The van der Waals surface area contributed by atoms with Crippen molar-refractivity contribution in [2.75, 3.05) is 0 Å². The summed E-state index contributed by atoms with van der Waals surface area (Å²) in [4.78, 5) is 0. The summed E-state index contributed by atoms with van der Waals surface area (Å²) in [7, 11) is 0. The van der Waals surface area contributed by atoms with Crippen molar-refractivity contribution in [1.82, 2.24) is 0 Å². The zero-order valence-electron chi connectivity index (χ0n) is 9.56. The molecule has 2 aliphatic carbocycles. The Kier molecular flexibility index (Phi) is 2.61. The summed E-state index contributed by atoms with van der Waals surface area (Å²) in [5.41, 5.74) is 4.88. The van der Waals surface area contributed by atoms with Crippen molar-refractivity contribution in [2.24, 2.45) is 5.41 Å². The molecule has 1 heteroatoms. The Morgan fingerprint density at radius 1 is 1.12 bits per heavy atom. The fourth-order valence-electron chi connectivity index (χ4n) is 3.46. The maximum atomic E-state index is 4.43. The first kappa shape index (κ1) is 10.8. The summed E-state index contributed by atoms with van der Waals surface area (Å²) >= 11 is 2.41. The molecular formula is C15H17I. The van der Waals surface area contributed by atoms with E-state index in [9.17, 15) is 0 Å². The number of halogens is 1. The van der Waals surface area contributed by atoms with Crippen LogP contribution >= 0.6 is 22.6 Å². The topological polar surface area (TPSA) is 0 Å². The Morgan fingerprint density at radius 2 is 1.88 bits per heavy atom. The highest BCUT2D eigenvalue weighted by atomic mass is 127. The van der Waals surface area contributed by atoms with Crippen molar-refractivity contribution in [3.8, 4) is 0 Å². The van der Waals surface area contributed by atoms with Gasteiger partial charge in [0.25, 0.3) is 0 Å². The van der Waals surface area contributed by atoms with Gasteiger partial charge in [0.1, 0.15) is 0 Å². The first-order chi connectivity index (χ1) is 7.71. The van der Waals surface area contributed by atoms with Crippen molar-refractivity contribution in [2.45, 2.75) is 38.5 Å². The molecule has 3 rings (SSSR count). The van der Waals surface area contributed by atoms with Crippen LogP contribution in [0.1, 0.15) is 43.2 Å². The van der Waals surface area contributed by atoms with Gasteiger partial charge in [-0.2, -0.15) is 0 Å². The van der Waals surface area contributed by atoms with E-state index in [1.165, 1.54) is 58.8 Å². The average molecular weight is 324 g/mol. The molecule has 16 heavy (non-hydrogen) atoms. The number of hydrogen-bond acceptors (Lipinski definition) is 0. The van der Waals surface area contributed by atoms with E-state index >= 15 is 0 Å². The highest BCUT2D eigenvalue weighted by Crippen LogP contribution is 2.54. The molecule has 84 valence electrons. The maximum Gasteiger partial charge on any atom is 0.0136 e. The molecule has 0 N–H and O–H groups in total. The van der Waals surface area contributed by atoms with Gasteiger partial charge in [0, 0.05) is 3.57 Å². The first-order valence-electron chi connectivity index (χ1n) is 6.19. The van der Waals surface area contributed by atoms with Crippen LogP contribution in [-0.2, 0) is 6.42 Å². The molecule has 0 unspecified atom stereocenters. The predicted molar refractivity (Wildman–Crippen MR) is 77.4 cm³/mol. The third-order valence-corrected chi connectivity index (χ3v) is 5.14. The molecule has 0 heterocycles. The van der Waals surface area contributed by atoms with Crippen molar-refractivity contribution in [3.63, 3.8) is 0 Å². The minimum atomic E-state index is 0.470. The molecule has 0 aliphatic heterocycles. The van der Waals surface area contributed by atoms with Crippen LogP contribution in [0.3, 0.4) is 0 Å². The molecule has 1 aromatic carbocycles. The second-order valence-electron chi connectivity index (χ2n) is 5.27. The zero-order chi connectivity index (χ0) is 11.2. The maximum absolute atomic E-state index is 4.43. The van der Waals surface area contributed by atoms with E-state index in [0.29, 0.717) is 5.41 Å². The Bertz CT molecular complexity index is 439. The normalized spacial score (nSPS) is 22.4. The molecule has 0 saturated heterocycles. The molecule has 1 aromatic rings. The van der Waals surface area contributed by atoms with E-state index in [0.717, 1.165) is 0 Å². The quantitative estimate of drug-likeness (QED) is 0.601. The van der Waals surface area contributed by atoms with Gasteiger partial charge in [-0.05, 0) is 82.5 Å². The van der Waals surface area contributed by atoms with E-state index in [2.05, 4.69) is 47.4 Å². The van der Waals surface area contributed by atoms with Crippen molar-refractivity contribution >= 4 is 28.2 Å². The third-order valence-electron chi connectivity index (χ3n) is 4.47. The minimum Gasteiger partial charge on any atom is -0.0947 e. The van der Waals surface area contributed by atoms with Gasteiger partial charge in [0.2, 0.25) is 0 Å². The molecule has 1 fully saturated rings. The van der Waals surface area contributed by atoms with Gasteiger partial charge in [-0.1, -0.05) is 25.5 Å². The summed E-state index contributed by atoms with van der Waals surface area (Å²) in [6.07, 6.45) is 8.13. The predicted octanol–water partition coefficient (Wildman–Crippen LogP) is 4.81. The first-order valence-corrected chi connectivity index (χ1v) is 7.27. The lowest BCUT2D eigenvalue weighted by Crippen LogP contribution is -2.24. The van der Waals surface area contributed by atoms with Crippen LogP contribution in [0, 0.1) is 8.99 Å². The zero-order valence-corrected chi connectivity index (χ0v) is 11.7. The lowest BCUT2D eigenvalue weighted by atomic mass is 9.67. The smallest absolute Gasteiger partial charge is 0.0136 e. The van der Waals surface area contributed by atoms with Gasteiger partial charge >= 0.3 is 0 Å². The number of rotatable bonds is 0. The van der Waals surface area contributed by atoms with Crippen molar-refractivity contribution in [3.05, 3.63) is 39.5 Å². The summed E-state index contributed by atoms with van der Waals surface area (Å²) in [5.74, 6) is 0. The van der Waals surface area contributed by atoms with Crippen molar-refractivity contribution < 1.29 is 0 Å². The Hall–Kier alpha value is -0.310. The van der Waals surface area contributed by atoms with Crippen LogP contribution < -0.4 is 0 Å². The van der Waals surface area contributed by atoms with E-state index in [4.69, 9.17) is 0 Å². The molecule has 0 nitrogen and oxygen atoms in total. The van der Waals surface area contributed by atoms with Crippen LogP contribution in [0.25, 0.3) is 5.57 Å². The van der Waals surface area contributed by atoms with Crippen LogP contribution in [0.4, 0.5) is 0 Å². The number of fused-ring (bicyclic) bond motifs is 1. The van der Waals surface area contributed by atoms with E-state index in [-0.39, 0.29) is 0 Å². The average Bonchev–Trinajstić information content (AvgIpc) is 2.75. The Labute approximate surface area is 111 Å². The molecule has 0 amide bonds. The summed E-state index contributed by atoms with van der Waals surface area (Å²) in [6, 6.07) is 6.85. The molecule has 0 aromatic heterocycles. The summed E-state index contributed by atoms with van der Waals surface area (Å²) in [6.45, 7) is 4.43. The molecule has 0 atom stereocenters. The molecule has 0 bridgehead atoms. The second-order valence-corrected chi connectivity index (χ2v) is 6.51. The third kappa shape index (κ3) is 1.55. The van der Waals surface area contributed by atoms with Gasteiger partial charge < -0.3 is 0 Å². The molecule has 0 radical (unpaired) electrons. The molecule has 2 aliphatic rings. The van der Waals surface area contributed by atoms with E-state index in [1.807, 2.05) is 0 Å². The second kappa shape index (κ2) is 3.86. The van der Waals surface area contributed by atoms with Gasteiger partial charge in [0.15, 0.2) is 0 Å². The van der Waals surface area contributed by atoms with Crippen LogP contribution in [-0.4, -0.2) is 0 Å². The fraction of sp³-hybridized carbons (Fsp3) is 0.467. The monoisotopic (exact) mass is 324 g/mol. The van der Waals surface area contributed by atoms with Gasteiger partial charge in [-0.15, -0.1) is 0 Å². The molecule has 1 saturated carbocycles. The number of benzene rings is 1. The molecular weight excluding hydrogens is 307 g/mol. The Morgan fingerprint density at radius 3 is 2.62 bits per heavy atom. The number of hydrogen-bond donors (Lipinski definition) is 0. The molecule has 1 spiro atoms. The summed E-state index contributed by atoms with van der Waals surface area (Å²) in [5, 5.41) is 0. The van der Waals surface area contributed by atoms with Gasteiger partial charge in [0.05, 0.1) is 0 Å². The Balaban J connectivity index is 2.07. The highest BCUT2D eigenvalue weighted by Gasteiger charge is 2.39. The highest BCUT2D eigenvalue weighted by molar-refractivity contribution is 14.1. The largest absolute Gasteiger partial charge is 0.0947 e. The fourth-order valence-corrected chi connectivity index (χ4v) is 3.95. The standard InChI is InChI=1S/C15H17I/c1-11-14-10-13(16)5-4-12(14)6-9-15(11)7-2-3-8-15/h4-5,10H,1-3,6-9H2. The lowest BCUT2D eigenvalue weighted by molar-refractivity contribution is 0.371. The van der Waals surface area contributed by atoms with Gasteiger partial charge in [-0.25, -0.2) is 0 Å². The number of aryl methyl sites for hydroxylation is 1. The number of allylic oxidation sites excluding steroid dienone is 1. The van der Waals surface area contributed by atoms with E-state index < -0.39 is 0 Å². The SMILES string of the molecule is C=C1c2cc(I)ccc2CCC12CCCC2. The van der Waals surface area contributed by atoms with Gasteiger partial charge in [-0.3, -0.25) is 0 Å². The van der Waals surface area contributed by atoms with Crippen molar-refractivity contribution in [1.29, 1.82) is 0 Å². The van der Waals surface area contributed by atoms with Crippen LogP contribution in [0.5, 0.6) is 0 Å². The van der Waals surface area contributed by atoms with E-state index in [1.54, 1.807) is 0 Å².